The highest BCUT2D eigenvalue weighted by Crippen LogP contribution is 2.27. The van der Waals surface area contributed by atoms with Gasteiger partial charge in [-0.1, -0.05) is 11.6 Å². The first-order valence-electron chi connectivity index (χ1n) is 4.24. The first kappa shape index (κ1) is 12.4. The van der Waals surface area contributed by atoms with Gasteiger partial charge in [-0.3, -0.25) is 10.1 Å². The van der Waals surface area contributed by atoms with E-state index in [1.807, 2.05) is 0 Å². The minimum atomic E-state index is -1.22. The summed E-state index contributed by atoms with van der Waals surface area (Å²) in [6.45, 7) is 0. The van der Waals surface area contributed by atoms with Gasteiger partial charge in [0.05, 0.1) is 17.6 Å². The van der Waals surface area contributed by atoms with Gasteiger partial charge in [-0.05, 0) is 12.1 Å². The molecule has 0 bridgehead atoms. The summed E-state index contributed by atoms with van der Waals surface area (Å²) in [7, 11) is 1.15. The van der Waals surface area contributed by atoms with Gasteiger partial charge in [-0.15, -0.1) is 0 Å². The normalized spacial score (nSPS) is 11.9. The lowest BCUT2D eigenvalue weighted by Gasteiger charge is -2.10. The molecule has 2 N–H and O–H groups in total. The Hall–Kier alpha value is -1.66. The molecule has 1 unspecified atom stereocenters. The number of rotatable bonds is 3. The van der Waals surface area contributed by atoms with Gasteiger partial charge < -0.3 is 10.5 Å². The molecule has 16 heavy (non-hydrogen) atoms. The van der Waals surface area contributed by atoms with E-state index in [2.05, 4.69) is 4.74 Å². The predicted octanol–water partition coefficient (Wildman–Crippen LogP) is 1.42. The highest BCUT2D eigenvalue weighted by molar-refractivity contribution is 6.30. The van der Waals surface area contributed by atoms with Crippen LogP contribution in [0.1, 0.15) is 11.6 Å². The van der Waals surface area contributed by atoms with Crippen molar-refractivity contribution in [1.82, 2.24) is 0 Å². The van der Waals surface area contributed by atoms with Gasteiger partial charge in [0.15, 0.2) is 0 Å². The second-order valence-corrected chi connectivity index (χ2v) is 3.40. The number of carbonyl (C=O) groups excluding carboxylic acids is 1. The Bertz CT molecular complexity index is 436. The van der Waals surface area contributed by atoms with Crippen molar-refractivity contribution in [2.45, 2.75) is 6.04 Å². The maximum atomic E-state index is 11.2. The summed E-state index contributed by atoms with van der Waals surface area (Å²) < 4.78 is 4.41. The van der Waals surface area contributed by atoms with Gasteiger partial charge in [0, 0.05) is 11.1 Å². The Morgan fingerprint density at radius 1 is 1.62 bits per heavy atom. The molecule has 0 aliphatic carbocycles. The number of nitro benzene ring substituents is 1. The molecule has 1 aromatic carbocycles. The molecule has 1 atom stereocenters. The summed E-state index contributed by atoms with van der Waals surface area (Å²) in [4.78, 5) is 21.3. The molecule has 86 valence electrons. The Morgan fingerprint density at radius 3 is 2.75 bits per heavy atom. The van der Waals surface area contributed by atoms with Crippen molar-refractivity contribution in [3.63, 3.8) is 0 Å². The minimum absolute atomic E-state index is 0.0318. The van der Waals surface area contributed by atoms with Crippen LogP contribution in [0.4, 0.5) is 5.69 Å². The van der Waals surface area contributed by atoms with E-state index in [0.717, 1.165) is 7.11 Å². The van der Waals surface area contributed by atoms with E-state index in [1.165, 1.54) is 18.2 Å². The third-order valence-corrected chi connectivity index (χ3v) is 2.21. The van der Waals surface area contributed by atoms with Crippen molar-refractivity contribution >= 4 is 23.3 Å². The van der Waals surface area contributed by atoms with Gasteiger partial charge in [0.1, 0.15) is 6.04 Å². The van der Waals surface area contributed by atoms with Crippen LogP contribution < -0.4 is 5.73 Å². The van der Waals surface area contributed by atoms with Gasteiger partial charge in [0.25, 0.3) is 5.69 Å². The van der Waals surface area contributed by atoms with Crippen molar-refractivity contribution in [2.24, 2.45) is 5.73 Å². The average Bonchev–Trinajstić information content (AvgIpc) is 2.26. The number of benzene rings is 1. The molecule has 0 aliphatic heterocycles. The fraction of sp³-hybridized carbons (Fsp3) is 0.222. The molecule has 0 aliphatic rings. The molecule has 0 fully saturated rings. The number of methoxy groups -OCH3 is 1. The maximum absolute atomic E-state index is 11.2. The summed E-state index contributed by atoms with van der Waals surface area (Å²) in [5.41, 5.74) is 5.29. The molecule has 1 rings (SSSR count). The molecule has 6 nitrogen and oxygen atoms in total. The third kappa shape index (κ3) is 2.47. The van der Waals surface area contributed by atoms with E-state index >= 15 is 0 Å². The first-order valence-corrected chi connectivity index (χ1v) is 4.62. The van der Waals surface area contributed by atoms with Crippen LogP contribution >= 0.6 is 11.6 Å². The van der Waals surface area contributed by atoms with E-state index in [9.17, 15) is 14.9 Å². The van der Waals surface area contributed by atoms with Gasteiger partial charge in [-0.25, -0.2) is 4.79 Å². The van der Waals surface area contributed by atoms with Crippen LogP contribution in [0.15, 0.2) is 18.2 Å². The smallest absolute Gasteiger partial charge is 0.327 e. The fourth-order valence-corrected chi connectivity index (χ4v) is 1.38. The second-order valence-electron chi connectivity index (χ2n) is 2.96. The van der Waals surface area contributed by atoms with E-state index in [0.29, 0.717) is 0 Å². The monoisotopic (exact) mass is 244 g/mol. The zero-order chi connectivity index (χ0) is 12.3. The number of nitro groups is 1. The minimum Gasteiger partial charge on any atom is -0.468 e. The molecule has 7 heteroatoms. The molecule has 0 heterocycles. The molecule has 0 spiro atoms. The SMILES string of the molecule is COC(=O)C(N)c1cc(Cl)ccc1[N+](=O)[O-]. The average molecular weight is 245 g/mol. The lowest BCUT2D eigenvalue weighted by Crippen LogP contribution is -2.23. The molecule has 0 saturated carbocycles. The van der Waals surface area contributed by atoms with Gasteiger partial charge >= 0.3 is 5.97 Å². The highest BCUT2D eigenvalue weighted by Gasteiger charge is 2.25. The van der Waals surface area contributed by atoms with E-state index in [-0.39, 0.29) is 16.3 Å². The van der Waals surface area contributed by atoms with Crippen molar-refractivity contribution in [3.8, 4) is 0 Å². The summed E-state index contributed by atoms with van der Waals surface area (Å²) in [5, 5.41) is 11.0. The van der Waals surface area contributed by atoms with Crippen molar-refractivity contribution < 1.29 is 14.5 Å². The number of nitrogens with zero attached hydrogens (tertiary/aromatic N) is 1. The van der Waals surface area contributed by atoms with Crippen LogP contribution in [0, 0.1) is 10.1 Å². The molecule has 0 saturated heterocycles. The topological polar surface area (TPSA) is 95.5 Å². The standard InChI is InChI=1S/C9H9ClN2O4/c1-16-9(13)8(11)6-4-5(10)2-3-7(6)12(14)15/h2-4,8H,11H2,1H3. The van der Waals surface area contributed by atoms with Gasteiger partial charge in [-0.2, -0.15) is 0 Å². The molecular formula is C9H9ClN2O4. The molecule has 0 radical (unpaired) electrons. The Morgan fingerprint density at radius 2 is 2.25 bits per heavy atom. The van der Waals surface area contributed by atoms with Crippen LogP contribution in [-0.4, -0.2) is 18.0 Å². The summed E-state index contributed by atoms with van der Waals surface area (Å²) in [6, 6.07) is 2.61. The third-order valence-electron chi connectivity index (χ3n) is 1.98. The molecule has 0 amide bonds. The van der Waals surface area contributed by atoms with Crippen molar-refractivity contribution in [3.05, 3.63) is 38.9 Å². The molecule has 1 aromatic rings. The number of carbonyl (C=O) groups is 1. The van der Waals surface area contributed by atoms with Crippen LogP contribution in [0.5, 0.6) is 0 Å². The molecule has 0 aromatic heterocycles. The van der Waals surface area contributed by atoms with E-state index in [4.69, 9.17) is 17.3 Å². The number of hydrogen-bond donors (Lipinski definition) is 1. The zero-order valence-corrected chi connectivity index (χ0v) is 9.10. The van der Waals surface area contributed by atoms with E-state index in [1.54, 1.807) is 0 Å². The number of hydrogen-bond acceptors (Lipinski definition) is 5. The second kappa shape index (κ2) is 4.91. The van der Waals surface area contributed by atoms with Crippen LogP contribution in [0.3, 0.4) is 0 Å². The zero-order valence-electron chi connectivity index (χ0n) is 8.34. The van der Waals surface area contributed by atoms with Gasteiger partial charge in [0.2, 0.25) is 0 Å². The number of nitrogens with two attached hydrogens (primary N) is 1. The Balaban J connectivity index is 3.24. The lowest BCUT2D eigenvalue weighted by atomic mass is 10.1. The van der Waals surface area contributed by atoms with Crippen molar-refractivity contribution in [2.75, 3.05) is 7.11 Å². The van der Waals surface area contributed by atoms with E-state index < -0.39 is 16.9 Å². The number of esters is 1. The van der Waals surface area contributed by atoms with Crippen LogP contribution in [0.25, 0.3) is 0 Å². The van der Waals surface area contributed by atoms with Crippen LogP contribution in [0.2, 0.25) is 5.02 Å². The fourth-order valence-electron chi connectivity index (χ4n) is 1.19. The number of halogens is 1. The first-order chi connectivity index (χ1) is 7.47. The van der Waals surface area contributed by atoms with Crippen molar-refractivity contribution in [1.29, 1.82) is 0 Å². The highest BCUT2D eigenvalue weighted by atomic mass is 35.5. The lowest BCUT2D eigenvalue weighted by molar-refractivity contribution is -0.385. The largest absolute Gasteiger partial charge is 0.468 e. The molecular weight excluding hydrogens is 236 g/mol. The summed E-state index contributed by atoms with van der Waals surface area (Å²) in [5.74, 6) is -0.759. The summed E-state index contributed by atoms with van der Waals surface area (Å²) >= 11 is 5.68. The summed E-state index contributed by atoms with van der Waals surface area (Å²) in [6.07, 6.45) is 0. The predicted molar refractivity (Wildman–Crippen MR) is 57.1 cm³/mol. The quantitative estimate of drug-likeness (QED) is 0.493. The maximum Gasteiger partial charge on any atom is 0.327 e. The number of ether oxygens (including phenoxy) is 1. The Kier molecular flexibility index (Phi) is 3.81. The van der Waals surface area contributed by atoms with Crippen LogP contribution in [-0.2, 0) is 9.53 Å². The Labute approximate surface area is 96.1 Å².